The van der Waals surface area contributed by atoms with Gasteiger partial charge in [-0.25, -0.2) is 9.38 Å². The summed E-state index contributed by atoms with van der Waals surface area (Å²) in [4.78, 5) is 3.21. The third-order valence-corrected chi connectivity index (χ3v) is 1.88. The van der Waals surface area contributed by atoms with Gasteiger partial charge in [-0.05, 0) is 5.56 Å². The monoisotopic (exact) mass is 167 g/mol. The molecule has 1 aliphatic heterocycles. The van der Waals surface area contributed by atoms with E-state index in [4.69, 9.17) is 0 Å². The molecule has 0 amide bonds. The van der Waals surface area contributed by atoms with E-state index in [1.165, 1.54) is 0 Å². The number of aliphatic imine (C=N–C) groups is 1. The molecule has 62 valence electrons. The van der Waals surface area contributed by atoms with Crippen molar-refractivity contribution in [3.8, 4) is 0 Å². The Morgan fingerprint density at radius 1 is 1.33 bits per heavy atom. The normalized spacial score (nSPS) is 21.5. The lowest BCUT2D eigenvalue weighted by Crippen LogP contribution is -2.14. The number of benzene rings is 1. The zero-order valence-corrected chi connectivity index (χ0v) is 6.30. The van der Waals surface area contributed by atoms with Gasteiger partial charge in [0, 0.05) is 12.0 Å². The Bertz CT molecular complexity index is 333. The van der Waals surface area contributed by atoms with Crippen molar-refractivity contribution < 1.29 is 8.78 Å². The van der Waals surface area contributed by atoms with Gasteiger partial charge in [-0.1, -0.05) is 24.3 Å². The van der Waals surface area contributed by atoms with Gasteiger partial charge >= 0.3 is 0 Å². The van der Waals surface area contributed by atoms with E-state index >= 15 is 0 Å². The molecular formula is C9H7F2N. The Morgan fingerprint density at radius 2 is 2.08 bits per heavy atom. The molecule has 0 bridgehead atoms. The number of nitrogens with zero attached hydrogens (tertiary/aromatic N) is 1. The molecule has 1 aromatic rings. The van der Waals surface area contributed by atoms with Crippen molar-refractivity contribution in [3.05, 3.63) is 35.4 Å². The second-order valence-electron chi connectivity index (χ2n) is 2.72. The molecule has 1 unspecified atom stereocenters. The Hall–Kier alpha value is -1.25. The molecular weight excluding hydrogens is 160 g/mol. The van der Waals surface area contributed by atoms with Gasteiger partial charge in [-0.3, -0.25) is 0 Å². The molecule has 12 heavy (non-hydrogen) atoms. The molecule has 1 aliphatic rings. The summed E-state index contributed by atoms with van der Waals surface area (Å²) in [6, 6.07) is 6.81. The fraction of sp³-hybridized carbons (Fsp3) is 0.222. The van der Waals surface area contributed by atoms with E-state index in [0.717, 1.165) is 0 Å². The lowest BCUT2D eigenvalue weighted by Gasteiger charge is -2.13. The van der Waals surface area contributed by atoms with Gasteiger partial charge in [0.05, 0.1) is 0 Å². The third-order valence-electron chi connectivity index (χ3n) is 1.88. The van der Waals surface area contributed by atoms with Gasteiger partial charge in [-0.15, -0.1) is 0 Å². The van der Waals surface area contributed by atoms with Crippen LogP contribution in [0.15, 0.2) is 29.3 Å². The maximum atomic E-state index is 12.9. The molecule has 1 nitrogen and oxygen atoms in total. The van der Waals surface area contributed by atoms with E-state index in [2.05, 4.69) is 4.99 Å². The van der Waals surface area contributed by atoms with Crippen LogP contribution >= 0.6 is 0 Å². The molecule has 0 N–H and O–H groups in total. The molecule has 0 saturated carbocycles. The minimum absolute atomic E-state index is 0.184. The Kier molecular flexibility index (Phi) is 1.64. The minimum atomic E-state index is -1.42. The van der Waals surface area contributed by atoms with Crippen LogP contribution in [0, 0.1) is 0 Å². The first kappa shape index (κ1) is 7.40. The van der Waals surface area contributed by atoms with Crippen molar-refractivity contribution >= 4 is 5.97 Å². The average Bonchev–Trinajstić information content (AvgIpc) is 2.04. The first-order chi connectivity index (χ1) is 5.77. The molecule has 0 spiro atoms. The van der Waals surface area contributed by atoms with E-state index in [1.807, 2.05) is 0 Å². The zero-order chi connectivity index (χ0) is 8.55. The van der Waals surface area contributed by atoms with Crippen LogP contribution in [-0.2, 0) is 6.42 Å². The molecule has 0 saturated heterocycles. The number of fused-ring (bicyclic) bond motifs is 1. The van der Waals surface area contributed by atoms with Gasteiger partial charge in [0.2, 0.25) is 5.97 Å². The van der Waals surface area contributed by atoms with Gasteiger partial charge in [0.1, 0.15) is 0 Å². The molecule has 0 aromatic heterocycles. The van der Waals surface area contributed by atoms with Crippen LogP contribution in [0.1, 0.15) is 11.1 Å². The molecule has 1 aromatic carbocycles. The standard InChI is InChI=1S/C9H7F2N/c10-8-5-6-3-1-2-4-7(6)9(11)12-8/h1-4,8H,5H2. The summed E-state index contributed by atoms with van der Waals surface area (Å²) in [5.41, 5.74) is 1.11. The zero-order valence-electron chi connectivity index (χ0n) is 6.30. The van der Waals surface area contributed by atoms with Gasteiger partial charge in [-0.2, -0.15) is 4.39 Å². The van der Waals surface area contributed by atoms with Crippen molar-refractivity contribution in [2.75, 3.05) is 0 Å². The van der Waals surface area contributed by atoms with Crippen LogP contribution in [0.3, 0.4) is 0 Å². The van der Waals surface area contributed by atoms with Crippen molar-refractivity contribution in [2.24, 2.45) is 4.99 Å². The quantitative estimate of drug-likeness (QED) is 0.525. The number of hydrogen-bond acceptors (Lipinski definition) is 1. The molecule has 0 fully saturated rings. The van der Waals surface area contributed by atoms with E-state index in [1.54, 1.807) is 24.3 Å². The van der Waals surface area contributed by atoms with Crippen LogP contribution < -0.4 is 0 Å². The summed E-state index contributed by atoms with van der Waals surface area (Å²) >= 11 is 0. The van der Waals surface area contributed by atoms with Crippen LogP contribution in [0.5, 0.6) is 0 Å². The highest BCUT2D eigenvalue weighted by Gasteiger charge is 2.19. The summed E-state index contributed by atoms with van der Waals surface area (Å²) in [6.45, 7) is 0. The predicted octanol–water partition coefficient (Wildman–Crippen LogP) is 2.25. The molecule has 3 heteroatoms. The van der Waals surface area contributed by atoms with E-state index in [9.17, 15) is 8.78 Å². The lowest BCUT2D eigenvalue weighted by atomic mass is 10.0. The van der Waals surface area contributed by atoms with Gasteiger partial charge in [0.25, 0.3) is 0 Å². The van der Waals surface area contributed by atoms with Crippen LogP contribution in [0.25, 0.3) is 0 Å². The summed E-state index contributed by atoms with van der Waals surface area (Å²) < 4.78 is 25.6. The predicted molar refractivity (Wildman–Crippen MR) is 42.7 cm³/mol. The Balaban J connectivity index is 2.53. The molecule has 1 atom stereocenters. The summed E-state index contributed by atoms with van der Waals surface area (Å²) in [7, 11) is 0. The summed E-state index contributed by atoms with van der Waals surface area (Å²) in [5.74, 6) is -0.690. The minimum Gasteiger partial charge on any atom is -0.221 e. The van der Waals surface area contributed by atoms with E-state index in [-0.39, 0.29) is 6.42 Å². The second kappa shape index (κ2) is 2.66. The highest BCUT2D eigenvalue weighted by molar-refractivity contribution is 5.95. The largest absolute Gasteiger partial charge is 0.221 e. The molecule has 0 aliphatic carbocycles. The lowest BCUT2D eigenvalue weighted by molar-refractivity contribution is 0.338. The maximum Gasteiger partial charge on any atom is 0.218 e. The fourth-order valence-electron chi connectivity index (χ4n) is 1.32. The van der Waals surface area contributed by atoms with E-state index in [0.29, 0.717) is 11.1 Å². The van der Waals surface area contributed by atoms with E-state index < -0.39 is 12.3 Å². The third kappa shape index (κ3) is 1.11. The summed E-state index contributed by atoms with van der Waals surface area (Å²) in [6.07, 6.45) is -1.23. The van der Waals surface area contributed by atoms with Crippen LogP contribution in [-0.4, -0.2) is 12.3 Å². The molecule has 0 radical (unpaired) electrons. The Labute approximate surface area is 68.7 Å². The number of alkyl halides is 1. The first-order valence-electron chi connectivity index (χ1n) is 3.73. The topological polar surface area (TPSA) is 12.4 Å². The fourth-order valence-corrected chi connectivity index (χ4v) is 1.32. The van der Waals surface area contributed by atoms with Crippen molar-refractivity contribution in [3.63, 3.8) is 0 Å². The molecule has 2 rings (SSSR count). The maximum absolute atomic E-state index is 12.9. The van der Waals surface area contributed by atoms with Crippen molar-refractivity contribution in [2.45, 2.75) is 12.7 Å². The van der Waals surface area contributed by atoms with Crippen molar-refractivity contribution in [1.82, 2.24) is 0 Å². The van der Waals surface area contributed by atoms with Gasteiger partial charge < -0.3 is 0 Å². The molecule has 1 heterocycles. The smallest absolute Gasteiger partial charge is 0.218 e. The number of hydrogen-bond donors (Lipinski definition) is 0. The highest BCUT2D eigenvalue weighted by Crippen LogP contribution is 2.20. The average molecular weight is 167 g/mol. The van der Waals surface area contributed by atoms with Crippen molar-refractivity contribution in [1.29, 1.82) is 0 Å². The number of rotatable bonds is 0. The summed E-state index contributed by atoms with van der Waals surface area (Å²) in [5, 5.41) is 0. The van der Waals surface area contributed by atoms with Crippen LogP contribution in [0.4, 0.5) is 8.78 Å². The SMILES string of the molecule is FC1=NC(F)Cc2ccccc21. The Morgan fingerprint density at radius 3 is 2.92 bits per heavy atom. The second-order valence-corrected chi connectivity index (χ2v) is 2.72. The number of halogens is 2. The van der Waals surface area contributed by atoms with Gasteiger partial charge in [0.15, 0.2) is 6.30 Å². The highest BCUT2D eigenvalue weighted by atomic mass is 19.1. The van der Waals surface area contributed by atoms with Crippen LogP contribution in [0.2, 0.25) is 0 Å². The first-order valence-corrected chi connectivity index (χ1v) is 3.73.